The third-order valence-electron chi connectivity index (χ3n) is 6.83. The van der Waals surface area contributed by atoms with E-state index in [4.69, 9.17) is 9.47 Å². The molecule has 0 radical (unpaired) electrons. The maximum atomic E-state index is 14.4. The minimum Gasteiger partial charge on any atom is -0.496 e. The van der Waals surface area contributed by atoms with Gasteiger partial charge in [0.1, 0.15) is 23.1 Å². The van der Waals surface area contributed by atoms with Crippen LogP contribution in [0, 0.1) is 24.4 Å². The molecule has 1 aliphatic rings. The molecule has 3 aromatic carbocycles. The molecule has 2 atom stereocenters. The van der Waals surface area contributed by atoms with Crippen LogP contribution in [0.4, 0.5) is 32.0 Å². The molecule has 11 heteroatoms. The Balaban J connectivity index is 1.46. The first-order valence-electron chi connectivity index (χ1n) is 11.6. The summed E-state index contributed by atoms with van der Waals surface area (Å²) in [6.07, 6.45) is -3.83. The number of nitrogens with one attached hydrogen (secondary N) is 1. The first-order valence-corrected chi connectivity index (χ1v) is 11.6. The maximum Gasteiger partial charge on any atom is 0.419 e. The molecular formula is C27H23F6N3O2. The summed E-state index contributed by atoms with van der Waals surface area (Å²) in [5.74, 6) is -1.98. The number of hydrogen-bond acceptors (Lipinski definition) is 4. The smallest absolute Gasteiger partial charge is 0.419 e. The quantitative estimate of drug-likeness (QED) is 0.276. The molecule has 2 heterocycles. The van der Waals surface area contributed by atoms with Crippen LogP contribution >= 0.6 is 0 Å². The molecule has 1 aromatic heterocycles. The number of benzene rings is 3. The van der Waals surface area contributed by atoms with E-state index in [0.717, 1.165) is 24.3 Å². The van der Waals surface area contributed by atoms with Crippen LogP contribution in [0.5, 0.6) is 5.75 Å². The largest absolute Gasteiger partial charge is 0.496 e. The summed E-state index contributed by atoms with van der Waals surface area (Å²) in [6, 6.07) is 10.0. The van der Waals surface area contributed by atoms with Gasteiger partial charge in [0.25, 0.3) is 0 Å². The minimum absolute atomic E-state index is 0.00755. The van der Waals surface area contributed by atoms with E-state index in [9.17, 15) is 26.3 Å². The summed E-state index contributed by atoms with van der Waals surface area (Å²) in [4.78, 5) is 0. The van der Waals surface area contributed by atoms with Gasteiger partial charge >= 0.3 is 6.18 Å². The molecule has 0 spiro atoms. The van der Waals surface area contributed by atoms with Gasteiger partial charge in [-0.15, -0.1) is 0 Å². The average Bonchev–Trinajstić information content (AvgIpc) is 3.23. The van der Waals surface area contributed by atoms with Gasteiger partial charge in [-0.3, -0.25) is 0 Å². The Morgan fingerprint density at radius 3 is 2.39 bits per heavy atom. The summed E-state index contributed by atoms with van der Waals surface area (Å²) in [5.41, 5.74) is -2.39. The number of nitrogens with zero attached hydrogens (tertiary/aromatic N) is 2. The van der Waals surface area contributed by atoms with Crippen molar-refractivity contribution in [2.75, 3.05) is 19.0 Å². The summed E-state index contributed by atoms with van der Waals surface area (Å²) >= 11 is 0. The SMILES string of the molecule is COc1ccc(F)cc1C1(C)CC(CNc2cc(C)cc3c2cnn3-c2ccc(F)cc2F)(C(F)(F)F)O1. The lowest BCUT2D eigenvalue weighted by Gasteiger charge is -2.55. The average molecular weight is 535 g/mol. The number of aryl methyl sites for hydroxylation is 1. The van der Waals surface area contributed by atoms with Gasteiger partial charge in [0.2, 0.25) is 0 Å². The van der Waals surface area contributed by atoms with Gasteiger partial charge in [0.05, 0.1) is 31.0 Å². The lowest BCUT2D eigenvalue weighted by Crippen LogP contribution is -2.67. The van der Waals surface area contributed by atoms with E-state index in [0.29, 0.717) is 22.2 Å². The Kier molecular flexibility index (Phi) is 6.09. The molecule has 0 bridgehead atoms. The van der Waals surface area contributed by atoms with Crippen molar-refractivity contribution in [2.45, 2.75) is 37.6 Å². The molecule has 0 aliphatic carbocycles. The van der Waals surface area contributed by atoms with E-state index in [-0.39, 0.29) is 17.0 Å². The van der Waals surface area contributed by atoms with Crippen molar-refractivity contribution in [1.29, 1.82) is 0 Å². The van der Waals surface area contributed by atoms with Gasteiger partial charge in [0, 0.05) is 29.1 Å². The second kappa shape index (κ2) is 8.93. The first kappa shape index (κ1) is 25.9. The normalized spacial score (nSPS) is 21.4. The topological polar surface area (TPSA) is 48.3 Å². The Morgan fingerprint density at radius 1 is 1.05 bits per heavy atom. The van der Waals surface area contributed by atoms with Gasteiger partial charge in [0.15, 0.2) is 11.4 Å². The van der Waals surface area contributed by atoms with E-state index >= 15 is 0 Å². The third kappa shape index (κ3) is 4.24. The van der Waals surface area contributed by atoms with Crippen molar-refractivity contribution in [2.24, 2.45) is 0 Å². The fraction of sp³-hybridized carbons (Fsp3) is 0.296. The summed E-state index contributed by atoms with van der Waals surface area (Å²) in [5, 5.41) is 7.46. The van der Waals surface area contributed by atoms with Crippen molar-refractivity contribution in [1.82, 2.24) is 9.78 Å². The Morgan fingerprint density at radius 2 is 1.74 bits per heavy atom. The van der Waals surface area contributed by atoms with Crippen LogP contribution in [-0.4, -0.2) is 35.2 Å². The number of anilines is 1. The van der Waals surface area contributed by atoms with Gasteiger partial charge in [-0.05, 0) is 61.9 Å². The fourth-order valence-corrected chi connectivity index (χ4v) is 5.06. The van der Waals surface area contributed by atoms with E-state index in [1.165, 1.54) is 37.0 Å². The third-order valence-corrected chi connectivity index (χ3v) is 6.83. The number of alkyl halides is 3. The molecule has 1 fully saturated rings. The number of fused-ring (bicyclic) bond motifs is 1. The van der Waals surface area contributed by atoms with Crippen LogP contribution in [0.1, 0.15) is 24.5 Å². The van der Waals surface area contributed by atoms with Crippen LogP contribution in [-0.2, 0) is 10.3 Å². The Hall–Kier alpha value is -3.73. The van der Waals surface area contributed by atoms with Crippen molar-refractivity contribution >= 4 is 16.6 Å². The number of hydrogen-bond donors (Lipinski definition) is 1. The molecule has 5 rings (SSSR count). The molecule has 1 saturated heterocycles. The van der Waals surface area contributed by atoms with Crippen LogP contribution in [0.15, 0.2) is 54.7 Å². The van der Waals surface area contributed by atoms with E-state index in [2.05, 4.69) is 10.4 Å². The van der Waals surface area contributed by atoms with Gasteiger partial charge in [-0.25, -0.2) is 17.9 Å². The van der Waals surface area contributed by atoms with Crippen LogP contribution < -0.4 is 10.1 Å². The monoisotopic (exact) mass is 535 g/mol. The molecule has 0 amide bonds. The predicted octanol–water partition coefficient (Wildman–Crippen LogP) is 6.81. The zero-order chi connectivity index (χ0) is 27.5. The van der Waals surface area contributed by atoms with Gasteiger partial charge in [-0.1, -0.05) is 0 Å². The molecule has 200 valence electrons. The molecule has 1 N–H and O–H groups in total. The number of rotatable bonds is 6. The predicted molar refractivity (Wildman–Crippen MR) is 129 cm³/mol. The number of methoxy groups -OCH3 is 1. The second-order valence-corrected chi connectivity index (χ2v) is 9.60. The standard InChI is InChI=1S/C27H23F6N3O2/c1-15-8-21(18-12-35-36(23(18)9-15)22-6-4-17(29)11-20(22)30)34-14-26(27(31,32)33)13-25(2,38-26)19-10-16(28)5-7-24(19)37-3/h4-12,34H,13-14H2,1-3H3. The highest BCUT2D eigenvalue weighted by Crippen LogP contribution is 2.57. The maximum absolute atomic E-state index is 14.4. The fourth-order valence-electron chi connectivity index (χ4n) is 5.06. The molecule has 1 aliphatic heterocycles. The lowest BCUT2D eigenvalue weighted by molar-refractivity contribution is -0.380. The highest BCUT2D eigenvalue weighted by Gasteiger charge is 2.68. The first-order chi connectivity index (χ1) is 17.9. The molecule has 0 saturated carbocycles. The van der Waals surface area contributed by atoms with E-state index in [1.54, 1.807) is 19.1 Å². The second-order valence-electron chi connectivity index (χ2n) is 9.60. The van der Waals surface area contributed by atoms with Gasteiger partial charge in [-0.2, -0.15) is 18.3 Å². The van der Waals surface area contributed by atoms with E-state index < -0.39 is 47.8 Å². The number of ether oxygens (including phenoxy) is 2. The van der Waals surface area contributed by atoms with Crippen molar-refractivity contribution in [3.63, 3.8) is 0 Å². The zero-order valence-corrected chi connectivity index (χ0v) is 20.6. The molecule has 5 nitrogen and oxygen atoms in total. The Labute approximate surface area is 214 Å². The van der Waals surface area contributed by atoms with Crippen molar-refractivity contribution in [3.05, 3.63) is 83.3 Å². The van der Waals surface area contributed by atoms with Crippen LogP contribution in [0.3, 0.4) is 0 Å². The zero-order valence-electron chi connectivity index (χ0n) is 20.6. The summed E-state index contributed by atoms with van der Waals surface area (Å²) < 4.78 is 96.8. The molecule has 4 aromatic rings. The molecule has 38 heavy (non-hydrogen) atoms. The molecule has 2 unspecified atom stereocenters. The highest BCUT2D eigenvalue weighted by molar-refractivity contribution is 5.93. The molecular weight excluding hydrogens is 512 g/mol. The van der Waals surface area contributed by atoms with Crippen LogP contribution in [0.25, 0.3) is 16.6 Å². The van der Waals surface area contributed by atoms with E-state index in [1.807, 2.05) is 0 Å². The summed E-state index contributed by atoms with van der Waals surface area (Å²) in [7, 11) is 1.35. The minimum atomic E-state index is -4.75. The number of aromatic nitrogens is 2. The van der Waals surface area contributed by atoms with Gasteiger partial charge < -0.3 is 14.8 Å². The van der Waals surface area contributed by atoms with Crippen molar-refractivity contribution in [3.8, 4) is 11.4 Å². The number of halogens is 6. The van der Waals surface area contributed by atoms with Crippen LogP contribution in [0.2, 0.25) is 0 Å². The lowest BCUT2D eigenvalue weighted by atomic mass is 9.75. The Bertz CT molecular complexity index is 1530. The summed E-state index contributed by atoms with van der Waals surface area (Å²) in [6.45, 7) is 2.55. The highest BCUT2D eigenvalue weighted by atomic mass is 19.4. The van der Waals surface area contributed by atoms with Crippen molar-refractivity contribution < 1.29 is 35.8 Å².